The van der Waals surface area contributed by atoms with E-state index in [0.29, 0.717) is 26.3 Å². The van der Waals surface area contributed by atoms with E-state index in [1.807, 2.05) is 0 Å². The normalized spacial score (nSPS) is 10.5. The van der Waals surface area contributed by atoms with Gasteiger partial charge in [0, 0.05) is 13.6 Å². The van der Waals surface area contributed by atoms with Gasteiger partial charge in [-0.05, 0) is 23.8 Å². The first-order chi connectivity index (χ1) is 8.97. The third kappa shape index (κ3) is 3.47. The van der Waals surface area contributed by atoms with Crippen LogP contribution in [-0.4, -0.2) is 17.9 Å². The van der Waals surface area contributed by atoms with Gasteiger partial charge < -0.3 is 4.90 Å². The molecule has 1 heterocycles. The average molecular weight is 318 g/mol. The van der Waals surface area contributed by atoms with Crippen molar-refractivity contribution in [1.82, 2.24) is 4.90 Å². The van der Waals surface area contributed by atoms with Crippen molar-refractivity contribution in [2.24, 2.45) is 0 Å². The molecule has 2 aromatic rings. The third-order valence-electron chi connectivity index (χ3n) is 2.54. The molecule has 0 N–H and O–H groups in total. The summed E-state index contributed by atoms with van der Waals surface area (Å²) in [6.07, 6.45) is 0. The lowest BCUT2D eigenvalue weighted by Gasteiger charge is -2.16. The number of halogens is 3. The maximum Gasteiger partial charge on any atom is 0.256 e. The standard InChI is InChI=1S/C13H10Cl2FNOS/c1-17(7-8-3-2-4-9(16)5-8)13(18)10-6-11(14)19-12(10)15/h2-6H,7H2,1H3. The fraction of sp³-hybridized carbons (Fsp3) is 0.154. The largest absolute Gasteiger partial charge is 0.337 e. The summed E-state index contributed by atoms with van der Waals surface area (Å²) in [5.74, 6) is -0.563. The van der Waals surface area contributed by atoms with E-state index in [4.69, 9.17) is 23.2 Å². The summed E-state index contributed by atoms with van der Waals surface area (Å²) in [5, 5.41) is 0. The second-order valence-electron chi connectivity index (χ2n) is 4.03. The van der Waals surface area contributed by atoms with Gasteiger partial charge in [0.15, 0.2) is 0 Å². The highest BCUT2D eigenvalue weighted by Crippen LogP contribution is 2.31. The minimum absolute atomic E-state index is 0.239. The maximum atomic E-state index is 13.1. The molecule has 19 heavy (non-hydrogen) atoms. The fourth-order valence-electron chi connectivity index (χ4n) is 1.67. The van der Waals surface area contributed by atoms with E-state index >= 15 is 0 Å². The molecular weight excluding hydrogens is 308 g/mol. The quantitative estimate of drug-likeness (QED) is 0.818. The van der Waals surface area contributed by atoms with Crippen LogP contribution in [0.3, 0.4) is 0 Å². The molecule has 0 radical (unpaired) electrons. The zero-order chi connectivity index (χ0) is 14.0. The molecule has 0 saturated heterocycles. The number of benzene rings is 1. The number of hydrogen-bond acceptors (Lipinski definition) is 2. The van der Waals surface area contributed by atoms with E-state index in [0.717, 1.165) is 11.3 Å². The van der Waals surface area contributed by atoms with Crippen LogP contribution in [0.25, 0.3) is 0 Å². The highest BCUT2D eigenvalue weighted by molar-refractivity contribution is 7.20. The Hall–Kier alpha value is -1.10. The molecule has 1 amide bonds. The molecule has 0 fully saturated rings. The molecule has 1 aromatic heterocycles. The first-order valence-corrected chi connectivity index (χ1v) is 6.99. The molecule has 0 spiro atoms. The lowest BCUT2D eigenvalue weighted by atomic mass is 10.2. The Morgan fingerprint density at radius 3 is 2.68 bits per heavy atom. The number of amides is 1. The predicted octanol–water partition coefficient (Wildman–Crippen LogP) is 4.47. The summed E-state index contributed by atoms with van der Waals surface area (Å²) in [6, 6.07) is 7.66. The zero-order valence-corrected chi connectivity index (χ0v) is 12.3. The second-order valence-corrected chi connectivity index (χ2v) is 6.31. The van der Waals surface area contributed by atoms with Crippen LogP contribution in [0, 0.1) is 5.82 Å². The van der Waals surface area contributed by atoms with Crippen molar-refractivity contribution < 1.29 is 9.18 Å². The molecule has 0 aliphatic carbocycles. The van der Waals surface area contributed by atoms with E-state index in [2.05, 4.69) is 0 Å². The molecular formula is C13H10Cl2FNOS. The molecule has 0 atom stereocenters. The van der Waals surface area contributed by atoms with Gasteiger partial charge in [-0.15, -0.1) is 11.3 Å². The summed E-state index contributed by atoms with van der Waals surface area (Å²) in [4.78, 5) is 13.6. The topological polar surface area (TPSA) is 20.3 Å². The van der Waals surface area contributed by atoms with Gasteiger partial charge in [0.2, 0.25) is 0 Å². The lowest BCUT2D eigenvalue weighted by Crippen LogP contribution is -2.26. The van der Waals surface area contributed by atoms with Crippen LogP contribution >= 0.6 is 34.5 Å². The Balaban J connectivity index is 2.14. The van der Waals surface area contributed by atoms with E-state index in [-0.39, 0.29) is 11.7 Å². The maximum absolute atomic E-state index is 13.1. The average Bonchev–Trinajstić information content (AvgIpc) is 2.67. The van der Waals surface area contributed by atoms with Crippen LogP contribution < -0.4 is 0 Å². The van der Waals surface area contributed by atoms with Crippen molar-refractivity contribution in [3.63, 3.8) is 0 Å². The van der Waals surface area contributed by atoms with Crippen LogP contribution in [-0.2, 0) is 6.54 Å². The van der Waals surface area contributed by atoms with Crippen molar-refractivity contribution in [3.8, 4) is 0 Å². The van der Waals surface area contributed by atoms with Crippen molar-refractivity contribution in [3.05, 3.63) is 55.9 Å². The van der Waals surface area contributed by atoms with E-state index in [9.17, 15) is 9.18 Å². The van der Waals surface area contributed by atoms with Crippen molar-refractivity contribution in [2.45, 2.75) is 6.54 Å². The third-order valence-corrected chi connectivity index (χ3v) is 4.03. The van der Waals surface area contributed by atoms with Gasteiger partial charge >= 0.3 is 0 Å². The molecule has 1 aromatic carbocycles. The summed E-state index contributed by atoms with van der Waals surface area (Å²) < 4.78 is 13.9. The summed E-state index contributed by atoms with van der Waals surface area (Å²) in [7, 11) is 1.63. The van der Waals surface area contributed by atoms with Gasteiger partial charge in [-0.25, -0.2) is 4.39 Å². The van der Waals surface area contributed by atoms with Gasteiger partial charge in [0.25, 0.3) is 5.91 Å². The van der Waals surface area contributed by atoms with Gasteiger partial charge in [-0.1, -0.05) is 35.3 Å². The van der Waals surface area contributed by atoms with Crippen LogP contribution in [0.5, 0.6) is 0 Å². The highest BCUT2D eigenvalue weighted by Gasteiger charge is 2.18. The number of hydrogen-bond donors (Lipinski definition) is 0. The Morgan fingerprint density at radius 1 is 1.37 bits per heavy atom. The number of carbonyl (C=O) groups is 1. The smallest absolute Gasteiger partial charge is 0.256 e. The molecule has 6 heteroatoms. The number of carbonyl (C=O) groups excluding carboxylic acids is 1. The van der Waals surface area contributed by atoms with Gasteiger partial charge in [-0.3, -0.25) is 4.79 Å². The Bertz CT molecular complexity index is 614. The summed E-state index contributed by atoms with van der Waals surface area (Å²) in [5.41, 5.74) is 1.09. The zero-order valence-electron chi connectivity index (χ0n) is 9.99. The number of thiophene rings is 1. The number of rotatable bonds is 3. The lowest BCUT2D eigenvalue weighted by molar-refractivity contribution is 0.0785. The van der Waals surface area contributed by atoms with E-state index in [1.54, 1.807) is 25.2 Å². The summed E-state index contributed by atoms with van der Waals surface area (Å²) >= 11 is 12.9. The van der Waals surface area contributed by atoms with Crippen LogP contribution in [0.4, 0.5) is 4.39 Å². The van der Waals surface area contributed by atoms with Crippen molar-refractivity contribution in [2.75, 3.05) is 7.05 Å². The van der Waals surface area contributed by atoms with Gasteiger partial charge in [0.05, 0.1) is 9.90 Å². The molecule has 0 bridgehead atoms. The molecule has 0 unspecified atom stereocenters. The van der Waals surface area contributed by atoms with Crippen LogP contribution in [0.15, 0.2) is 30.3 Å². The Kier molecular flexibility index (Phi) is 4.45. The highest BCUT2D eigenvalue weighted by atomic mass is 35.5. The Labute approximate surface area is 124 Å². The molecule has 2 nitrogen and oxygen atoms in total. The second kappa shape index (κ2) is 5.90. The molecule has 0 aliphatic rings. The fourth-order valence-corrected chi connectivity index (χ4v) is 3.12. The minimum atomic E-state index is -0.324. The van der Waals surface area contributed by atoms with Crippen molar-refractivity contribution >= 4 is 40.4 Å². The molecule has 2 rings (SSSR count). The molecule has 0 saturated carbocycles. The van der Waals surface area contributed by atoms with Crippen LogP contribution in [0.1, 0.15) is 15.9 Å². The first kappa shape index (κ1) is 14.3. The van der Waals surface area contributed by atoms with Gasteiger partial charge in [0.1, 0.15) is 10.2 Å². The van der Waals surface area contributed by atoms with Crippen molar-refractivity contribution in [1.29, 1.82) is 0 Å². The SMILES string of the molecule is CN(Cc1cccc(F)c1)C(=O)c1cc(Cl)sc1Cl. The number of nitrogens with zero attached hydrogens (tertiary/aromatic N) is 1. The van der Waals surface area contributed by atoms with Crippen LogP contribution in [0.2, 0.25) is 8.67 Å². The summed E-state index contributed by atoms with van der Waals surface area (Å²) in [6.45, 7) is 0.306. The first-order valence-electron chi connectivity index (χ1n) is 5.42. The van der Waals surface area contributed by atoms with E-state index in [1.165, 1.54) is 17.0 Å². The Morgan fingerprint density at radius 2 is 2.11 bits per heavy atom. The van der Waals surface area contributed by atoms with E-state index < -0.39 is 0 Å². The molecule has 0 aliphatic heterocycles. The van der Waals surface area contributed by atoms with Gasteiger partial charge in [-0.2, -0.15) is 0 Å². The molecule has 100 valence electrons. The monoisotopic (exact) mass is 317 g/mol. The predicted molar refractivity (Wildman–Crippen MR) is 76.5 cm³/mol. The minimum Gasteiger partial charge on any atom is -0.337 e.